The first kappa shape index (κ1) is 26.4. The third-order valence-corrected chi connectivity index (χ3v) is 5.12. The van der Waals surface area contributed by atoms with Crippen molar-refractivity contribution in [2.45, 2.75) is 102 Å². The summed E-state index contributed by atoms with van der Waals surface area (Å²) in [6.45, 7) is -0.0185. The van der Waals surface area contributed by atoms with Crippen molar-refractivity contribution in [3.63, 3.8) is 0 Å². The van der Waals surface area contributed by atoms with Crippen molar-refractivity contribution in [1.82, 2.24) is 0 Å². The summed E-state index contributed by atoms with van der Waals surface area (Å²) in [5, 5.41) is 25.3. The van der Waals surface area contributed by atoms with E-state index >= 15 is 0 Å². The minimum Gasteiger partial charge on any atom is -0.650 e. The summed E-state index contributed by atoms with van der Waals surface area (Å²) in [7, 11) is 0. The molecule has 0 spiro atoms. The van der Waals surface area contributed by atoms with Crippen molar-refractivity contribution in [2.75, 3.05) is 13.1 Å². The molecule has 2 aliphatic carbocycles. The van der Waals surface area contributed by atoms with E-state index in [1.54, 1.807) is 0 Å². The van der Waals surface area contributed by atoms with E-state index in [4.69, 9.17) is 10.2 Å². The van der Waals surface area contributed by atoms with Gasteiger partial charge >= 0.3 is 17.1 Å². The van der Waals surface area contributed by atoms with Gasteiger partial charge in [0, 0.05) is 0 Å². The Hall–Kier alpha value is -0.621. The van der Waals surface area contributed by atoms with Gasteiger partial charge in [-0.05, 0) is 13.1 Å². The van der Waals surface area contributed by atoms with Crippen molar-refractivity contribution < 1.29 is 36.9 Å². The van der Waals surface area contributed by atoms with Crippen LogP contribution in [0.15, 0.2) is 0 Å². The summed E-state index contributed by atoms with van der Waals surface area (Å²) in [6, 6.07) is 0.632. The van der Waals surface area contributed by atoms with Crippen LogP contribution < -0.4 is 0 Å². The fraction of sp³-hybridized carbons (Fsp3) is 0.900. The Morgan fingerprint density at radius 3 is 1.11 bits per heavy atom. The standard InChI is InChI=1S/2C10H18NO2.Cu/c2*12-10(13)8-11-9-6-4-2-1-3-5-7-9;/h2*9H,1-8H2,(H,12,13);/q2*-1;+2. The second-order valence-corrected chi connectivity index (χ2v) is 7.47. The van der Waals surface area contributed by atoms with Crippen LogP contribution in [0.1, 0.15) is 89.9 Å². The molecule has 161 valence electrons. The molecular weight excluding hydrogens is 396 g/mol. The van der Waals surface area contributed by atoms with Crippen LogP contribution in [-0.2, 0) is 26.7 Å². The number of aliphatic carboxylic acids is 2. The summed E-state index contributed by atoms with van der Waals surface area (Å²) < 4.78 is 0. The topological polar surface area (TPSA) is 103 Å². The molecule has 7 heteroatoms. The van der Waals surface area contributed by atoms with E-state index in [0.717, 1.165) is 25.7 Å². The Morgan fingerprint density at radius 1 is 0.593 bits per heavy atom. The van der Waals surface area contributed by atoms with Crippen molar-refractivity contribution in [2.24, 2.45) is 0 Å². The van der Waals surface area contributed by atoms with Gasteiger partial charge in [0.1, 0.15) is 0 Å². The fourth-order valence-electron chi connectivity index (χ4n) is 3.65. The second-order valence-electron chi connectivity index (χ2n) is 7.47. The van der Waals surface area contributed by atoms with Crippen LogP contribution in [0.5, 0.6) is 0 Å². The van der Waals surface area contributed by atoms with E-state index in [0.29, 0.717) is 12.1 Å². The molecule has 0 saturated heterocycles. The number of rotatable bonds is 6. The molecule has 1 radical (unpaired) electrons. The summed E-state index contributed by atoms with van der Waals surface area (Å²) in [5.41, 5.74) is 0. The van der Waals surface area contributed by atoms with E-state index in [-0.39, 0.29) is 30.2 Å². The molecule has 2 fully saturated rings. The van der Waals surface area contributed by atoms with Crippen LogP contribution in [0.25, 0.3) is 10.6 Å². The first-order valence-electron chi connectivity index (χ1n) is 10.3. The quantitative estimate of drug-likeness (QED) is 0.570. The monoisotopic (exact) mass is 431 g/mol. The third kappa shape index (κ3) is 16.1. The van der Waals surface area contributed by atoms with Gasteiger partial charge in [0.05, 0.1) is 0 Å². The molecule has 2 saturated carbocycles. The van der Waals surface area contributed by atoms with E-state index in [9.17, 15) is 9.59 Å². The minimum atomic E-state index is -0.804. The Kier molecular flexibility index (Phi) is 17.1. The largest absolute Gasteiger partial charge is 2.00 e. The zero-order valence-corrected chi connectivity index (χ0v) is 17.3. The van der Waals surface area contributed by atoms with Crippen LogP contribution in [0.4, 0.5) is 0 Å². The molecule has 2 rings (SSSR count). The molecule has 0 aromatic carbocycles. The van der Waals surface area contributed by atoms with Gasteiger partial charge in [0.2, 0.25) is 0 Å². The Labute approximate surface area is 174 Å². The predicted molar refractivity (Wildman–Crippen MR) is 104 cm³/mol. The Bertz CT molecular complexity index is 344. The van der Waals surface area contributed by atoms with E-state index in [1.165, 1.54) is 64.2 Å². The maximum Gasteiger partial charge on any atom is 2.00 e. The second kappa shape index (κ2) is 17.5. The molecule has 2 N–H and O–H groups in total. The average molecular weight is 432 g/mol. The number of carbonyl (C=O) groups is 2. The molecule has 27 heavy (non-hydrogen) atoms. The zero-order chi connectivity index (χ0) is 19.0. The third-order valence-electron chi connectivity index (χ3n) is 5.12. The molecule has 2 aliphatic rings. The molecule has 0 amide bonds. The van der Waals surface area contributed by atoms with Gasteiger partial charge in [0.25, 0.3) is 11.9 Å². The summed E-state index contributed by atoms with van der Waals surface area (Å²) in [5.74, 6) is -1.61. The molecule has 0 bridgehead atoms. The van der Waals surface area contributed by atoms with E-state index in [2.05, 4.69) is 10.6 Å². The van der Waals surface area contributed by atoms with Crippen LogP contribution in [0.3, 0.4) is 0 Å². The Balaban J connectivity index is 0.000000483. The normalized spacial score (nSPS) is 19.9. The SMILES string of the molecule is O=C(O)C[N-]C1CCCCCCC1.O=C(O)C[N-]C1CCCCCCC1.[Cu+2]. The molecule has 0 aromatic rings. The molecular formula is C20H36CuN2O4. The summed E-state index contributed by atoms with van der Waals surface area (Å²) in [4.78, 5) is 20.6. The number of carboxylic acid groups (broad SMARTS) is 2. The molecule has 0 atom stereocenters. The van der Waals surface area contributed by atoms with E-state index in [1.807, 2.05) is 0 Å². The zero-order valence-electron chi connectivity index (χ0n) is 16.4. The van der Waals surface area contributed by atoms with Crippen LogP contribution in [-0.4, -0.2) is 47.3 Å². The molecule has 0 aliphatic heterocycles. The van der Waals surface area contributed by atoms with Gasteiger partial charge in [-0.25, -0.2) is 0 Å². The van der Waals surface area contributed by atoms with Crippen molar-refractivity contribution in [3.05, 3.63) is 10.6 Å². The van der Waals surface area contributed by atoms with Gasteiger partial charge in [0.15, 0.2) is 0 Å². The number of nitrogens with zero attached hydrogens (tertiary/aromatic N) is 2. The van der Waals surface area contributed by atoms with Crippen molar-refractivity contribution >= 4 is 11.9 Å². The first-order chi connectivity index (χ1) is 12.6. The first-order valence-corrected chi connectivity index (χ1v) is 10.3. The number of hydrogen-bond acceptors (Lipinski definition) is 2. The molecule has 0 aromatic heterocycles. The van der Waals surface area contributed by atoms with E-state index < -0.39 is 11.9 Å². The Morgan fingerprint density at radius 2 is 0.852 bits per heavy atom. The van der Waals surface area contributed by atoms with Gasteiger partial charge in [-0.3, -0.25) is 9.59 Å². The van der Waals surface area contributed by atoms with Crippen LogP contribution in [0.2, 0.25) is 0 Å². The smallest absolute Gasteiger partial charge is 0.650 e. The molecule has 0 heterocycles. The molecule has 6 nitrogen and oxygen atoms in total. The molecule has 0 unspecified atom stereocenters. The number of carboxylic acids is 2. The maximum atomic E-state index is 10.3. The van der Waals surface area contributed by atoms with Gasteiger partial charge in [-0.2, -0.15) is 0 Å². The summed E-state index contributed by atoms with van der Waals surface area (Å²) in [6.07, 6.45) is 17.1. The number of hydrogen-bond donors (Lipinski definition) is 2. The van der Waals surface area contributed by atoms with Gasteiger partial charge < -0.3 is 20.8 Å². The van der Waals surface area contributed by atoms with Gasteiger partial charge in [-0.15, -0.1) is 12.1 Å². The average Bonchev–Trinajstić information content (AvgIpc) is 2.53. The summed E-state index contributed by atoms with van der Waals surface area (Å²) >= 11 is 0. The minimum absolute atomic E-state index is 0. The van der Waals surface area contributed by atoms with Crippen molar-refractivity contribution in [3.8, 4) is 0 Å². The predicted octanol–water partition coefficient (Wildman–Crippen LogP) is 5.11. The van der Waals surface area contributed by atoms with Crippen LogP contribution in [0, 0.1) is 0 Å². The fourth-order valence-corrected chi connectivity index (χ4v) is 3.65. The van der Waals surface area contributed by atoms with Gasteiger partial charge in [-0.1, -0.05) is 89.9 Å². The van der Waals surface area contributed by atoms with Crippen LogP contribution >= 0.6 is 0 Å². The maximum absolute atomic E-state index is 10.3. The van der Waals surface area contributed by atoms with Crippen molar-refractivity contribution in [1.29, 1.82) is 0 Å².